The third kappa shape index (κ3) is 3.45. The second kappa shape index (κ2) is 6.69. The van der Waals surface area contributed by atoms with Gasteiger partial charge in [-0.15, -0.1) is 0 Å². The van der Waals surface area contributed by atoms with Crippen LogP contribution in [0.2, 0.25) is 0 Å². The molecular weight excluding hydrogens is 344 g/mol. The molecule has 8 nitrogen and oxygen atoms in total. The van der Waals surface area contributed by atoms with Gasteiger partial charge in [-0.1, -0.05) is 18.0 Å². The molecule has 9 heteroatoms. The summed E-state index contributed by atoms with van der Waals surface area (Å²) in [7, 11) is -3.89. The number of likely N-dealkylation sites (tertiary alicyclic amines) is 1. The first kappa shape index (κ1) is 18.3. The number of piperidine rings is 1. The molecule has 0 aromatic carbocycles. The van der Waals surface area contributed by atoms with Crippen molar-refractivity contribution in [1.29, 1.82) is 0 Å². The monoisotopic (exact) mass is 370 g/mol. The number of nitrogens with one attached hydrogen (secondary N) is 1. The van der Waals surface area contributed by atoms with Crippen molar-refractivity contribution in [2.75, 3.05) is 13.1 Å². The highest BCUT2D eigenvalue weighted by Gasteiger charge is 2.47. The Morgan fingerprint density at radius 1 is 1.28 bits per heavy atom. The van der Waals surface area contributed by atoms with Crippen LogP contribution < -0.4 is 10.5 Å². The molecule has 0 spiro atoms. The lowest BCUT2D eigenvalue weighted by molar-refractivity contribution is -0.138. The zero-order valence-corrected chi connectivity index (χ0v) is 15.6. The van der Waals surface area contributed by atoms with Gasteiger partial charge in [0.25, 0.3) is 0 Å². The van der Waals surface area contributed by atoms with Crippen LogP contribution in [0, 0.1) is 13.8 Å². The van der Waals surface area contributed by atoms with Gasteiger partial charge in [-0.2, -0.15) is 4.72 Å². The number of nitrogens with zero attached hydrogens (tertiary/aromatic N) is 2. The zero-order valence-electron chi connectivity index (χ0n) is 14.7. The van der Waals surface area contributed by atoms with E-state index < -0.39 is 15.6 Å². The highest BCUT2D eigenvalue weighted by molar-refractivity contribution is 7.89. The normalized spacial score (nSPS) is 21.6. The molecule has 1 aliphatic heterocycles. The van der Waals surface area contributed by atoms with Gasteiger partial charge in [0.2, 0.25) is 15.9 Å². The maximum Gasteiger partial charge on any atom is 0.246 e. The number of nitrogens with two attached hydrogens (primary N) is 1. The summed E-state index contributed by atoms with van der Waals surface area (Å²) in [6, 6.07) is 0.113. The molecule has 1 saturated heterocycles. The number of amides is 1. The molecule has 1 saturated carbocycles. The molecule has 1 aliphatic carbocycles. The Labute approximate surface area is 148 Å². The van der Waals surface area contributed by atoms with Crippen molar-refractivity contribution < 1.29 is 17.7 Å². The molecule has 0 unspecified atom stereocenters. The molecule has 3 N–H and O–H groups in total. The third-order valence-corrected chi connectivity index (χ3v) is 7.04. The molecule has 0 bridgehead atoms. The number of carbonyl (C=O) groups excluding carboxylic acids is 1. The van der Waals surface area contributed by atoms with Gasteiger partial charge in [-0.05, 0) is 39.5 Å². The van der Waals surface area contributed by atoms with Crippen molar-refractivity contribution in [1.82, 2.24) is 14.8 Å². The lowest BCUT2D eigenvalue weighted by Crippen LogP contribution is -2.59. The van der Waals surface area contributed by atoms with Crippen molar-refractivity contribution >= 4 is 15.9 Å². The van der Waals surface area contributed by atoms with Crippen molar-refractivity contribution in [3.8, 4) is 0 Å². The standard InChI is InChI=1S/C16H26N4O4S/c1-11-14(12(2)24-18-11)25(22,23)19-16(7-3-4-8-16)15(21)20-9-5-13(17)6-10-20/h13,19H,3-10,17H2,1-2H3. The van der Waals surface area contributed by atoms with E-state index in [1.165, 1.54) is 0 Å². The Morgan fingerprint density at radius 3 is 2.40 bits per heavy atom. The molecular formula is C16H26N4O4S. The predicted molar refractivity (Wildman–Crippen MR) is 91.3 cm³/mol. The van der Waals surface area contributed by atoms with Crippen LogP contribution in [0.15, 0.2) is 9.42 Å². The van der Waals surface area contributed by atoms with Gasteiger partial charge in [0.05, 0.1) is 0 Å². The summed E-state index contributed by atoms with van der Waals surface area (Å²) in [5, 5.41) is 3.72. The lowest BCUT2D eigenvalue weighted by atomic mass is 9.95. The Balaban J connectivity index is 1.87. The Kier molecular flexibility index (Phi) is 4.91. The number of hydrogen-bond acceptors (Lipinski definition) is 6. The molecule has 1 aromatic rings. The summed E-state index contributed by atoms with van der Waals surface area (Å²) in [5.74, 6) is 0.0989. The van der Waals surface area contributed by atoms with E-state index in [0.717, 1.165) is 25.7 Å². The van der Waals surface area contributed by atoms with E-state index in [-0.39, 0.29) is 22.6 Å². The molecule has 2 fully saturated rings. The highest BCUT2D eigenvalue weighted by Crippen LogP contribution is 2.34. The molecule has 140 valence electrons. The average molecular weight is 370 g/mol. The first-order chi connectivity index (χ1) is 11.8. The summed E-state index contributed by atoms with van der Waals surface area (Å²) in [6.45, 7) is 4.30. The quantitative estimate of drug-likeness (QED) is 0.810. The summed E-state index contributed by atoms with van der Waals surface area (Å²) < 4.78 is 33.6. The molecule has 2 aliphatic rings. The van der Waals surface area contributed by atoms with Crippen LogP contribution >= 0.6 is 0 Å². The fourth-order valence-electron chi connectivity index (χ4n) is 3.91. The van der Waals surface area contributed by atoms with Crippen LogP contribution in [0.4, 0.5) is 0 Å². The van der Waals surface area contributed by atoms with E-state index in [1.54, 1.807) is 18.7 Å². The molecule has 0 atom stereocenters. The molecule has 0 radical (unpaired) electrons. The van der Waals surface area contributed by atoms with Crippen LogP contribution in [0.1, 0.15) is 50.0 Å². The smallest absolute Gasteiger partial charge is 0.246 e. The second-order valence-corrected chi connectivity index (χ2v) is 8.80. The van der Waals surface area contributed by atoms with Gasteiger partial charge in [0.1, 0.15) is 16.1 Å². The largest absolute Gasteiger partial charge is 0.360 e. The van der Waals surface area contributed by atoms with E-state index in [4.69, 9.17) is 10.3 Å². The van der Waals surface area contributed by atoms with Crippen LogP contribution in [-0.4, -0.2) is 49.1 Å². The van der Waals surface area contributed by atoms with Gasteiger partial charge in [-0.3, -0.25) is 4.79 Å². The van der Waals surface area contributed by atoms with Gasteiger partial charge in [0.15, 0.2) is 5.76 Å². The topological polar surface area (TPSA) is 119 Å². The minimum Gasteiger partial charge on any atom is -0.360 e. The Morgan fingerprint density at radius 2 is 1.88 bits per heavy atom. The summed E-state index contributed by atoms with van der Waals surface area (Å²) in [5.41, 5.74) is 5.14. The average Bonchev–Trinajstić information content (AvgIpc) is 3.14. The zero-order chi connectivity index (χ0) is 18.2. The van der Waals surface area contributed by atoms with E-state index in [1.807, 2.05) is 0 Å². The Hall–Kier alpha value is -1.45. The minimum absolute atomic E-state index is 0.0345. The van der Waals surface area contributed by atoms with Crippen molar-refractivity contribution in [2.45, 2.75) is 68.8 Å². The second-order valence-electron chi connectivity index (χ2n) is 7.18. The molecule has 1 amide bonds. The summed E-state index contributed by atoms with van der Waals surface area (Å²) >= 11 is 0. The van der Waals surface area contributed by atoms with Gasteiger partial charge in [-0.25, -0.2) is 8.42 Å². The van der Waals surface area contributed by atoms with E-state index >= 15 is 0 Å². The van der Waals surface area contributed by atoms with E-state index in [9.17, 15) is 13.2 Å². The Bertz CT molecular complexity index is 725. The van der Waals surface area contributed by atoms with Crippen molar-refractivity contribution in [2.24, 2.45) is 5.73 Å². The van der Waals surface area contributed by atoms with Crippen LogP contribution in [0.25, 0.3) is 0 Å². The third-order valence-electron chi connectivity index (χ3n) is 5.26. The van der Waals surface area contributed by atoms with Gasteiger partial charge in [0, 0.05) is 19.1 Å². The predicted octanol–water partition coefficient (Wildman–Crippen LogP) is 0.832. The highest BCUT2D eigenvalue weighted by atomic mass is 32.2. The van der Waals surface area contributed by atoms with Gasteiger partial charge < -0.3 is 15.2 Å². The number of rotatable bonds is 4. The number of hydrogen-bond donors (Lipinski definition) is 2. The number of carbonyl (C=O) groups is 1. The number of aryl methyl sites for hydroxylation is 2. The fraction of sp³-hybridized carbons (Fsp3) is 0.750. The fourth-order valence-corrected chi connectivity index (χ4v) is 5.66. The van der Waals surface area contributed by atoms with Gasteiger partial charge >= 0.3 is 0 Å². The van der Waals surface area contributed by atoms with E-state index in [0.29, 0.717) is 31.6 Å². The number of aromatic nitrogens is 1. The van der Waals surface area contributed by atoms with Crippen molar-refractivity contribution in [3.05, 3.63) is 11.5 Å². The molecule has 2 heterocycles. The molecule has 3 rings (SSSR count). The first-order valence-electron chi connectivity index (χ1n) is 8.77. The van der Waals surface area contributed by atoms with Crippen LogP contribution in [0.3, 0.4) is 0 Å². The summed E-state index contributed by atoms with van der Waals surface area (Å²) in [4.78, 5) is 15.0. The molecule has 1 aromatic heterocycles. The SMILES string of the molecule is Cc1noc(C)c1S(=O)(=O)NC1(C(=O)N2CCC(N)CC2)CCCC1. The van der Waals surface area contributed by atoms with Crippen LogP contribution in [-0.2, 0) is 14.8 Å². The first-order valence-corrected chi connectivity index (χ1v) is 10.3. The van der Waals surface area contributed by atoms with Crippen LogP contribution in [0.5, 0.6) is 0 Å². The van der Waals surface area contributed by atoms with E-state index in [2.05, 4.69) is 9.88 Å². The number of sulfonamides is 1. The molecule has 25 heavy (non-hydrogen) atoms. The summed E-state index contributed by atoms with van der Waals surface area (Å²) in [6.07, 6.45) is 4.16. The lowest BCUT2D eigenvalue weighted by Gasteiger charge is -2.38. The maximum atomic E-state index is 13.2. The van der Waals surface area contributed by atoms with Crippen molar-refractivity contribution in [3.63, 3.8) is 0 Å². The maximum absolute atomic E-state index is 13.2. The minimum atomic E-state index is -3.89.